The van der Waals surface area contributed by atoms with Crippen LogP contribution in [0.1, 0.15) is 49.1 Å². The van der Waals surface area contributed by atoms with E-state index >= 15 is 0 Å². The van der Waals surface area contributed by atoms with Crippen LogP contribution in [0.15, 0.2) is 16.7 Å². The van der Waals surface area contributed by atoms with Crippen LogP contribution in [0, 0.1) is 0 Å². The smallest absolute Gasteiger partial charge is 0.270 e. The lowest BCUT2D eigenvalue weighted by Crippen LogP contribution is -2.42. The molecule has 1 aliphatic carbocycles. The second kappa shape index (κ2) is 5.90. The van der Waals surface area contributed by atoms with Crippen molar-refractivity contribution >= 4 is 21.8 Å². The first-order valence-corrected chi connectivity index (χ1v) is 8.39. The van der Waals surface area contributed by atoms with Crippen molar-refractivity contribution in [2.45, 2.75) is 44.7 Å². The summed E-state index contributed by atoms with van der Waals surface area (Å²) >= 11 is 3.52. The number of carbonyl (C=O) groups is 1. The Labute approximate surface area is 128 Å². The summed E-state index contributed by atoms with van der Waals surface area (Å²) < 4.78 is 3.17. The van der Waals surface area contributed by atoms with Gasteiger partial charge in [0.25, 0.3) is 5.91 Å². The lowest BCUT2D eigenvalue weighted by atomic mass is 10.2. The van der Waals surface area contributed by atoms with Crippen molar-refractivity contribution in [1.82, 2.24) is 14.8 Å². The lowest BCUT2D eigenvalue weighted by Gasteiger charge is -2.28. The summed E-state index contributed by atoms with van der Waals surface area (Å²) in [6.07, 6.45) is 6.52. The van der Waals surface area contributed by atoms with Gasteiger partial charge in [-0.2, -0.15) is 0 Å². The Morgan fingerprint density at radius 3 is 2.90 bits per heavy atom. The number of nitrogens with one attached hydrogen (secondary N) is 1. The molecule has 1 amide bonds. The van der Waals surface area contributed by atoms with Gasteiger partial charge in [-0.15, -0.1) is 0 Å². The number of aromatic nitrogens is 1. The van der Waals surface area contributed by atoms with Gasteiger partial charge in [0.05, 0.1) is 0 Å². The van der Waals surface area contributed by atoms with E-state index in [1.54, 1.807) is 0 Å². The summed E-state index contributed by atoms with van der Waals surface area (Å²) in [5.74, 6) is 0.193. The van der Waals surface area contributed by atoms with Gasteiger partial charge in [-0.3, -0.25) is 4.79 Å². The molecule has 1 unspecified atom stereocenters. The largest absolute Gasteiger partial charge is 0.339 e. The second-order valence-electron chi connectivity index (χ2n) is 5.83. The van der Waals surface area contributed by atoms with Crippen molar-refractivity contribution < 1.29 is 4.79 Å². The minimum absolute atomic E-state index is 0.193. The van der Waals surface area contributed by atoms with E-state index in [1.165, 1.54) is 12.8 Å². The van der Waals surface area contributed by atoms with E-state index in [2.05, 4.69) is 43.8 Å². The third kappa shape index (κ3) is 2.79. The predicted octanol–water partition coefficient (Wildman–Crippen LogP) is 2.80. The highest BCUT2D eigenvalue weighted by Gasteiger charge is 2.32. The van der Waals surface area contributed by atoms with Crippen LogP contribution in [-0.2, 0) is 0 Å². The van der Waals surface area contributed by atoms with E-state index in [0.29, 0.717) is 12.1 Å². The van der Waals surface area contributed by atoms with Gasteiger partial charge >= 0.3 is 0 Å². The molecule has 1 atom stereocenters. The van der Waals surface area contributed by atoms with Crippen molar-refractivity contribution in [2.24, 2.45) is 0 Å². The van der Waals surface area contributed by atoms with E-state index in [-0.39, 0.29) is 5.91 Å². The zero-order valence-electron chi connectivity index (χ0n) is 11.9. The van der Waals surface area contributed by atoms with Crippen molar-refractivity contribution in [1.29, 1.82) is 0 Å². The molecule has 1 saturated heterocycles. The quantitative estimate of drug-likeness (QED) is 0.895. The monoisotopic (exact) mass is 339 g/mol. The summed E-state index contributed by atoms with van der Waals surface area (Å²) in [5, 5.41) is 3.36. The molecule has 0 aromatic carbocycles. The van der Waals surface area contributed by atoms with E-state index in [9.17, 15) is 4.79 Å². The Bertz CT molecular complexity index is 489. The summed E-state index contributed by atoms with van der Waals surface area (Å²) in [5.41, 5.74) is 0.847. The number of nitrogens with zero attached hydrogens (tertiary/aromatic N) is 2. The molecule has 1 saturated carbocycles. The van der Waals surface area contributed by atoms with Crippen molar-refractivity contribution in [3.8, 4) is 0 Å². The van der Waals surface area contributed by atoms with E-state index in [0.717, 1.165) is 42.6 Å². The van der Waals surface area contributed by atoms with Crippen LogP contribution in [-0.4, -0.2) is 41.1 Å². The minimum atomic E-state index is 0.193. The van der Waals surface area contributed by atoms with Gasteiger partial charge in [0.1, 0.15) is 5.69 Å². The molecular weight excluding hydrogens is 318 g/mol. The van der Waals surface area contributed by atoms with E-state index < -0.39 is 0 Å². The van der Waals surface area contributed by atoms with Crippen LogP contribution in [0.25, 0.3) is 0 Å². The molecular formula is C15H22BrN3O. The SMILES string of the molecule is CCCN(C(=O)c1cc(Br)cn1C1CC1)C1CCNC1. The van der Waals surface area contributed by atoms with Crippen molar-refractivity contribution in [2.75, 3.05) is 19.6 Å². The van der Waals surface area contributed by atoms with Crippen molar-refractivity contribution in [3.63, 3.8) is 0 Å². The van der Waals surface area contributed by atoms with Crippen molar-refractivity contribution in [3.05, 3.63) is 22.4 Å². The second-order valence-corrected chi connectivity index (χ2v) is 6.74. The molecule has 1 aliphatic heterocycles. The lowest BCUT2D eigenvalue weighted by molar-refractivity contribution is 0.0681. The predicted molar refractivity (Wildman–Crippen MR) is 83.0 cm³/mol. The first-order chi connectivity index (χ1) is 9.70. The highest BCUT2D eigenvalue weighted by Crippen LogP contribution is 2.38. The Hall–Kier alpha value is -0.810. The zero-order chi connectivity index (χ0) is 14.1. The van der Waals surface area contributed by atoms with Gasteiger partial charge in [-0.25, -0.2) is 0 Å². The Morgan fingerprint density at radius 2 is 2.30 bits per heavy atom. The van der Waals surface area contributed by atoms with Gasteiger partial charge in [0, 0.05) is 35.8 Å². The first-order valence-electron chi connectivity index (χ1n) is 7.59. The molecule has 110 valence electrons. The Morgan fingerprint density at radius 1 is 1.50 bits per heavy atom. The summed E-state index contributed by atoms with van der Waals surface area (Å²) in [4.78, 5) is 15.0. The number of rotatable bonds is 5. The summed E-state index contributed by atoms with van der Waals surface area (Å²) in [6, 6.07) is 2.86. The number of halogens is 1. The van der Waals surface area contributed by atoms with Crippen LogP contribution in [0.3, 0.4) is 0 Å². The fourth-order valence-corrected chi connectivity index (χ4v) is 3.45. The van der Waals surface area contributed by atoms with Crippen LogP contribution < -0.4 is 5.32 Å². The highest BCUT2D eigenvalue weighted by molar-refractivity contribution is 9.10. The molecule has 5 heteroatoms. The molecule has 2 heterocycles. The molecule has 2 aliphatic rings. The van der Waals surface area contributed by atoms with E-state index in [1.807, 2.05) is 6.07 Å². The fourth-order valence-electron chi connectivity index (χ4n) is 3.02. The molecule has 1 aromatic rings. The van der Waals surface area contributed by atoms with Gasteiger partial charge in [-0.05, 0) is 54.2 Å². The van der Waals surface area contributed by atoms with Crippen LogP contribution in [0.2, 0.25) is 0 Å². The van der Waals surface area contributed by atoms with Gasteiger partial charge in [-0.1, -0.05) is 6.92 Å². The average molecular weight is 340 g/mol. The Kier molecular flexibility index (Phi) is 4.17. The van der Waals surface area contributed by atoms with Crippen LogP contribution in [0.4, 0.5) is 0 Å². The van der Waals surface area contributed by atoms with E-state index in [4.69, 9.17) is 0 Å². The zero-order valence-corrected chi connectivity index (χ0v) is 13.5. The Balaban J connectivity index is 1.84. The van der Waals surface area contributed by atoms with Gasteiger partial charge < -0.3 is 14.8 Å². The number of hydrogen-bond donors (Lipinski definition) is 1. The molecule has 0 bridgehead atoms. The summed E-state index contributed by atoms with van der Waals surface area (Å²) in [6.45, 7) is 4.93. The maximum Gasteiger partial charge on any atom is 0.270 e. The molecule has 2 fully saturated rings. The first kappa shape index (κ1) is 14.1. The number of amides is 1. The molecule has 0 radical (unpaired) electrons. The van der Waals surface area contributed by atoms with Gasteiger partial charge in [0.15, 0.2) is 0 Å². The van der Waals surface area contributed by atoms with Crippen LogP contribution in [0.5, 0.6) is 0 Å². The normalized spacial score (nSPS) is 22.2. The molecule has 20 heavy (non-hydrogen) atoms. The van der Waals surface area contributed by atoms with Crippen LogP contribution >= 0.6 is 15.9 Å². The molecule has 4 nitrogen and oxygen atoms in total. The molecule has 1 aromatic heterocycles. The third-order valence-corrected chi connectivity index (χ3v) is 4.61. The number of carbonyl (C=O) groups excluding carboxylic acids is 1. The molecule has 1 N–H and O–H groups in total. The summed E-state index contributed by atoms with van der Waals surface area (Å²) in [7, 11) is 0. The average Bonchev–Trinajstić information content (AvgIpc) is 2.99. The highest BCUT2D eigenvalue weighted by atomic mass is 79.9. The fraction of sp³-hybridized carbons (Fsp3) is 0.667. The molecule has 0 spiro atoms. The minimum Gasteiger partial charge on any atom is -0.339 e. The number of hydrogen-bond acceptors (Lipinski definition) is 2. The van der Waals surface area contributed by atoms with Gasteiger partial charge in [0.2, 0.25) is 0 Å². The maximum atomic E-state index is 12.9. The molecule has 3 rings (SSSR count). The standard InChI is InChI=1S/C15H22BrN3O/c1-2-7-18(13-5-6-17-9-13)15(20)14-8-11(16)10-19(14)12-3-4-12/h8,10,12-13,17H,2-7,9H2,1H3. The third-order valence-electron chi connectivity index (χ3n) is 4.18. The topological polar surface area (TPSA) is 37.3 Å². The maximum absolute atomic E-state index is 12.9.